The third kappa shape index (κ3) is 7.14. The number of benzene rings is 3. The molecule has 202 valence electrons. The van der Waals surface area contributed by atoms with Crippen molar-refractivity contribution < 1.29 is 5.11 Å². The van der Waals surface area contributed by atoms with E-state index >= 15 is 0 Å². The van der Waals surface area contributed by atoms with E-state index in [4.69, 9.17) is 16.6 Å². The van der Waals surface area contributed by atoms with Crippen molar-refractivity contribution in [3.8, 4) is 0 Å². The van der Waals surface area contributed by atoms with Crippen LogP contribution in [0.5, 0.6) is 0 Å². The summed E-state index contributed by atoms with van der Waals surface area (Å²) in [4.78, 5) is 4.78. The van der Waals surface area contributed by atoms with E-state index in [1.165, 1.54) is 41.7 Å². The molecular weight excluding hydrogens is 518 g/mol. The summed E-state index contributed by atoms with van der Waals surface area (Å²) in [5.41, 5.74) is 6.34. The zero-order valence-electron chi connectivity index (χ0n) is 23.2. The van der Waals surface area contributed by atoms with Gasteiger partial charge in [-0.2, -0.15) is 11.8 Å². The second-order valence-corrected chi connectivity index (χ2v) is 13.1. The highest BCUT2D eigenvalue weighted by Crippen LogP contribution is 2.53. The van der Waals surface area contributed by atoms with Gasteiger partial charge in [0.05, 0.1) is 16.8 Å². The van der Waals surface area contributed by atoms with Gasteiger partial charge in [-0.1, -0.05) is 85.3 Å². The standard InChI is InChI=1S/C35H38ClNOS/c1-4-35(20-21-35)24-39-33(19-15-26-9-5-6-11-31(26)34(2,3)38)28-10-7-8-25(22-28)12-17-30-18-14-27-13-16-29(36)23-32(27)37-30/h5-14,16-18,22-23,33,38H,4,15,19-21,24H2,1-3H3/b17-12+/t33-/m1/s1. The van der Waals surface area contributed by atoms with E-state index in [9.17, 15) is 5.11 Å². The highest BCUT2D eigenvalue weighted by molar-refractivity contribution is 7.99. The summed E-state index contributed by atoms with van der Waals surface area (Å²) < 4.78 is 0. The lowest BCUT2D eigenvalue weighted by Gasteiger charge is -2.24. The molecule has 0 aliphatic heterocycles. The number of thioether (sulfide) groups is 1. The summed E-state index contributed by atoms with van der Waals surface area (Å²) in [7, 11) is 0. The molecule has 1 atom stereocenters. The summed E-state index contributed by atoms with van der Waals surface area (Å²) in [6.07, 6.45) is 10.2. The van der Waals surface area contributed by atoms with Gasteiger partial charge in [0.15, 0.2) is 0 Å². The second-order valence-electron chi connectivity index (χ2n) is 11.5. The summed E-state index contributed by atoms with van der Waals surface area (Å²) >= 11 is 8.30. The Morgan fingerprint density at radius 3 is 2.56 bits per heavy atom. The molecule has 0 amide bonds. The van der Waals surface area contributed by atoms with Crippen LogP contribution in [0.4, 0.5) is 0 Å². The van der Waals surface area contributed by atoms with Crippen molar-refractivity contribution in [2.24, 2.45) is 5.41 Å². The predicted octanol–water partition coefficient (Wildman–Crippen LogP) is 9.88. The lowest BCUT2D eigenvalue weighted by Crippen LogP contribution is -2.18. The van der Waals surface area contributed by atoms with Crippen LogP contribution in [0.3, 0.4) is 0 Å². The minimum Gasteiger partial charge on any atom is -0.386 e. The summed E-state index contributed by atoms with van der Waals surface area (Å²) in [6, 6.07) is 27.3. The average Bonchev–Trinajstić information content (AvgIpc) is 3.72. The van der Waals surface area contributed by atoms with Crippen LogP contribution < -0.4 is 0 Å². The summed E-state index contributed by atoms with van der Waals surface area (Å²) in [6.45, 7) is 6.10. The van der Waals surface area contributed by atoms with Crippen molar-refractivity contribution in [3.63, 3.8) is 0 Å². The van der Waals surface area contributed by atoms with Gasteiger partial charge in [0.25, 0.3) is 0 Å². The number of aromatic nitrogens is 1. The molecule has 39 heavy (non-hydrogen) atoms. The Balaban J connectivity index is 1.36. The highest BCUT2D eigenvalue weighted by Gasteiger charge is 2.40. The zero-order chi connectivity index (χ0) is 27.5. The van der Waals surface area contributed by atoms with Crippen LogP contribution in [0.15, 0.2) is 78.9 Å². The maximum atomic E-state index is 10.7. The SMILES string of the molecule is CCC1(CS[C@H](CCc2ccccc2C(C)(C)O)c2cccc(/C=C/c3ccc4ccc(Cl)cc4n3)c2)CC1. The Labute approximate surface area is 242 Å². The van der Waals surface area contributed by atoms with Gasteiger partial charge < -0.3 is 5.11 Å². The van der Waals surface area contributed by atoms with Gasteiger partial charge in [-0.3, -0.25) is 0 Å². The van der Waals surface area contributed by atoms with Crippen LogP contribution in [-0.2, 0) is 12.0 Å². The molecular formula is C35H38ClNOS. The Kier molecular flexibility index (Phi) is 8.52. The Hall–Kier alpha value is -2.59. The van der Waals surface area contributed by atoms with Crippen LogP contribution in [0.1, 0.15) is 79.7 Å². The number of fused-ring (bicyclic) bond motifs is 1. The van der Waals surface area contributed by atoms with E-state index in [1.54, 1.807) is 0 Å². The van der Waals surface area contributed by atoms with Gasteiger partial charge >= 0.3 is 0 Å². The molecule has 3 aromatic carbocycles. The van der Waals surface area contributed by atoms with E-state index in [-0.39, 0.29) is 0 Å². The molecule has 1 fully saturated rings. The third-order valence-corrected chi connectivity index (χ3v) is 9.98. The van der Waals surface area contributed by atoms with Crippen LogP contribution in [0, 0.1) is 5.41 Å². The minimum atomic E-state index is -0.841. The maximum absolute atomic E-state index is 10.7. The van der Waals surface area contributed by atoms with Crippen molar-refractivity contribution in [1.82, 2.24) is 4.98 Å². The maximum Gasteiger partial charge on any atom is 0.0843 e. The van der Waals surface area contributed by atoms with Gasteiger partial charge in [0.2, 0.25) is 0 Å². The van der Waals surface area contributed by atoms with E-state index in [0.29, 0.717) is 15.7 Å². The highest BCUT2D eigenvalue weighted by atomic mass is 35.5. The van der Waals surface area contributed by atoms with Gasteiger partial charge in [-0.15, -0.1) is 0 Å². The van der Waals surface area contributed by atoms with E-state index < -0.39 is 5.60 Å². The minimum absolute atomic E-state index is 0.401. The first-order chi connectivity index (χ1) is 18.7. The quantitative estimate of drug-likeness (QED) is 0.200. The molecule has 2 nitrogen and oxygen atoms in total. The number of hydrogen-bond donors (Lipinski definition) is 1. The number of halogens is 1. The fourth-order valence-corrected chi connectivity index (χ4v) is 7.10. The molecule has 0 radical (unpaired) electrons. The summed E-state index contributed by atoms with van der Waals surface area (Å²) in [5.74, 6) is 1.21. The van der Waals surface area contributed by atoms with E-state index in [0.717, 1.165) is 35.0 Å². The molecule has 4 heteroatoms. The average molecular weight is 556 g/mol. The van der Waals surface area contributed by atoms with Gasteiger partial charge in [0, 0.05) is 15.7 Å². The lowest BCUT2D eigenvalue weighted by molar-refractivity contribution is 0.0776. The molecule has 1 heterocycles. The smallest absolute Gasteiger partial charge is 0.0843 e. The molecule has 4 aromatic rings. The molecule has 0 bridgehead atoms. The largest absolute Gasteiger partial charge is 0.386 e. The zero-order valence-corrected chi connectivity index (χ0v) is 24.7. The van der Waals surface area contributed by atoms with Crippen molar-refractivity contribution in [3.05, 3.63) is 112 Å². The Bertz CT molecular complexity index is 1470. The molecule has 0 unspecified atom stereocenters. The fourth-order valence-electron chi connectivity index (χ4n) is 5.27. The molecule has 1 saturated carbocycles. The van der Waals surface area contributed by atoms with Crippen LogP contribution in [0.2, 0.25) is 5.02 Å². The number of aryl methyl sites for hydroxylation is 1. The van der Waals surface area contributed by atoms with Crippen LogP contribution in [-0.4, -0.2) is 15.8 Å². The van der Waals surface area contributed by atoms with Crippen molar-refractivity contribution in [1.29, 1.82) is 0 Å². The van der Waals surface area contributed by atoms with Gasteiger partial charge in [0.1, 0.15) is 0 Å². The molecule has 0 saturated heterocycles. The number of aliphatic hydroxyl groups is 1. The van der Waals surface area contributed by atoms with E-state index in [2.05, 4.69) is 85.4 Å². The predicted molar refractivity (Wildman–Crippen MR) is 169 cm³/mol. The molecule has 5 rings (SSSR count). The van der Waals surface area contributed by atoms with Crippen LogP contribution in [0.25, 0.3) is 23.1 Å². The Morgan fingerprint density at radius 2 is 1.79 bits per heavy atom. The monoisotopic (exact) mass is 555 g/mol. The molecule has 1 aromatic heterocycles. The number of nitrogens with zero attached hydrogens (tertiary/aromatic N) is 1. The first-order valence-electron chi connectivity index (χ1n) is 14.0. The molecule has 1 aliphatic rings. The van der Waals surface area contributed by atoms with Gasteiger partial charge in [-0.05, 0) is 104 Å². The second kappa shape index (κ2) is 11.9. The number of hydrogen-bond acceptors (Lipinski definition) is 3. The summed E-state index contributed by atoms with van der Waals surface area (Å²) in [5, 5.41) is 12.9. The van der Waals surface area contributed by atoms with Crippen LogP contribution >= 0.6 is 23.4 Å². The first kappa shape index (κ1) is 28.0. The topological polar surface area (TPSA) is 33.1 Å². The first-order valence-corrected chi connectivity index (χ1v) is 15.4. The van der Waals surface area contributed by atoms with E-state index in [1.807, 2.05) is 38.1 Å². The van der Waals surface area contributed by atoms with Crippen molar-refractivity contribution >= 4 is 46.4 Å². The lowest BCUT2D eigenvalue weighted by atomic mass is 9.90. The number of rotatable bonds is 11. The Morgan fingerprint density at radius 1 is 1.00 bits per heavy atom. The van der Waals surface area contributed by atoms with Crippen molar-refractivity contribution in [2.45, 2.75) is 63.7 Å². The molecule has 1 N–H and O–H groups in total. The fraction of sp³-hybridized carbons (Fsp3) is 0.343. The normalized spacial score (nSPS) is 15.6. The molecule has 0 spiro atoms. The van der Waals surface area contributed by atoms with Crippen molar-refractivity contribution in [2.75, 3.05) is 5.75 Å². The third-order valence-electron chi connectivity index (χ3n) is 8.05. The van der Waals surface area contributed by atoms with Gasteiger partial charge in [-0.25, -0.2) is 4.98 Å². The number of pyridine rings is 1. The molecule has 1 aliphatic carbocycles.